The van der Waals surface area contributed by atoms with Crippen molar-refractivity contribution >= 4 is 21.7 Å². The number of nitrogen functional groups attached to an aromatic ring is 1. The average molecular weight is 259 g/mol. The molecule has 1 aromatic heterocycles. The maximum absolute atomic E-state index is 11.8. The summed E-state index contributed by atoms with van der Waals surface area (Å²) in [6.07, 6.45) is 2.55. The van der Waals surface area contributed by atoms with Gasteiger partial charge in [0.1, 0.15) is 10.9 Å². The van der Waals surface area contributed by atoms with Crippen molar-refractivity contribution in [3.8, 4) is 0 Å². The Labute approximate surface area is 98.7 Å². The molecule has 0 radical (unpaired) electrons. The summed E-state index contributed by atoms with van der Waals surface area (Å²) in [4.78, 5) is 14.2. The van der Waals surface area contributed by atoms with Crippen LogP contribution in [0.25, 0.3) is 0 Å². The number of hydrogen-bond donors (Lipinski definition) is 3. The van der Waals surface area contributed by atoms with Gasteiger partial charge in [-0.2, -0.15) is 4.72 Å². The van der Waals surface area contributed by atoms with E-state index < -0.39 is 22.0 Å². The molecule has 1 aromatic rings. The van der Waals surface area contributed by atoms with Crippen LogP contribution in [0.15, 0.2) is 23.4 Å². The van der Waals surface area contributed by atoms with Gasteiger partial charge in [0.25, 0.3) is 0 Å². The van der Waals surface area contributed by atoms with Crippen LogP contribution in [0, 0.1) is 0 Å². The number of carbonyl (C=O) groups is 1. The van der Waals surface area contributed by atoms with Crippen molar-refractivity contribution in [3.63, 3.8) is 0 Å². The quantitative estimate of drug-likeness (QED) is 0.673. The van der Waals surface area contributed by atoms with Crippen molar-refractivity contribution in [2.45, 2.75) is 24.3 Å². The highest BCUT2D eigenvalue weighted by atomic mass is 32.2. The highest BCUT2D eigenvalue weighted by molar-refractivity contribution is 7.89. The fraction of sp³-hybridized carbons (Fsp3) is 0.333. The fourth-order valence-electron chi connectivity index (χ4n) is 1.15. The molecule has 1 rings (SSSR count). The number of nitrogens with one attached hydrogen (secondary N) is 1. The molecule has 0 bridgehead atoms. The van der Waals surface area contributed by atoms with Gasteiger partial charge in [-0.15, -0.1) is 0 Å². The molecule has 94 valence electrons. The van der Waals surface area contributed by atoms with E-state index >= 15 is 0 Å². The van der Waals surface area contributed by atoms with Crippen LogP contribution >= 0.6 is 0 Å². The molecule has 0 saturated carbocycles. The van der Waals surface area contributed by atoms with E-state index in [1.54, 1.807) is 6.92 Å². The minimum absolute atomic E-state index is 0.143. The third-order valence-corrected chi connectivity index (χ3v) is 3.49. The number of aromatic nitrogens is 1. The lowest BCUT2D eigenvalue weighted by Crippen LogP contribution is -2.40. The number of anilines is 1. The number of carboxylic acid groups (broad SMARTS) is 1. The van der Waals surface area contributed by atoms with Crippen LogP contribution in [-0.4, -0.2) is 30.5 Å². The number of aliphatic carboxylic acids is 1. The number of pyridine rings is 1. The normalized spacial score (nSPS) is 13.2. The van der Waals surface area contributed by atoms with Crippen LogP contribution in [0.2, 0.25) is 0 Å². The van der Waals surface area contributed by atoms with Gasteiger partial charge in [0, 0.05) is 12.4 Å². The smallest absolute Gasteiger partial charge is 0.321 e. The lowest BCUT2D eigenvalue weighted by Gasteiger charge is -2.12. The zero-order valence-electron chi connectivity index (χ0n) is 9.12. The summed E-state index contributed by atoms with van der Waals surface area (Å²) in [5.41, 5.74) is 5.60. The van der Waals surface area contributed by atoms with Crippen LogP contribution in [-0.2, 0) is 14.8 Å². The molecule has 0 amide bonds. The summed E-state index contributed by atoms with van der Waals surface area (Å²) in [7, 11) is -3.91. The molecule has 0 saturated heterocycles. The molecule has 0 aliphatic carbocycles. The monoisotopic (exact) mass is 259 g/mol. The molecule has 4 N–H and O–H groups in total. The highest BCUT2D eigenvalue weighted by Crippen LogP contribution is 2.11. The van der Waals surface area contributed by atoms with E-state index in [1.807, 2.05) is 0 Å². The van der Waals surface area contributed by atoms with E-state index in [-0.39, 0.29) is 17.0 Å². The molecule has 8 heteroatoms. The molecule has 7 nitrogen and oxygen atoms in total. The molecule has 0 aromatic carbocycles. The molecule has 0 aliphatic heterocycles. The van der Waals surface area contributed by atoms with Gasteiger partial charge < -0.3 is 10.8 Å². The van der Waals surface area contributed by atoms with Crippen molar-refractivity contribution in [1.82, 2.24) is 9.71 Å². The number of sulfonamides is 1. The van der Waals surface area contributed by atoms with Gasteiger partial charge in [0.15, 0.2) is 0 Å². The Morgan fingerprint density at radius 2 is 2.24 bits per heavy atom. The first-order valence-electron chi connectivity index (χ1n) is 4.82. The Bertz CT molecular complexity index is 515. The van der Waals surface area contributed by atoms with E-state index in [0.29, 0.717) is 0 Å². The van der Waals surface area contributed by atoms with Gasteiger partial charge in [-0.1, -0.05) is 6.92 Å². The minimum atomic E-state index is -3.91. The molecule has 0 fully saturated rings. The number of nitrogens with zero attached hydrogens (tertiary/aromatic N) is 1. The molecule has 1 unspecified atom stereocenters. The zero-order chi connectivity index (χ0) is 13.1. The van der Waals surface area contributed by atoms with Gasteiger partial charge >= 0.3 is 5.97 Å². The summed E-state index contributed by atoms with van der Waals surface area (Å²) >= 11 is 0. The Morgan fingerprint density at radius 1 is 1.59 bits per heavy atom. The van der Waals surface area contributed by atoms with Crippen LogP contribution < -0.4 is 10.5 Å². The summed E-state index contributed by atoms with van der Waals surface area (Å²) in [6, 6.07) is 0.0469. The third-order valence-electron chi connectivity index (χ3n) is 2.05. The molecular formula is C9H13N3O4S. The third kappa shape index (κ3) is 3.40. The summed E-state index contributed by atoms with van der Waals surface area (Å²) in [5, 5.41) is 8.77. The first-order chi connectivity index (χ1) is 7.86. The van der Waals surface area contributed by atoms with Gasteiger partial charge in [-0.3, -0.25) is 9.78 Å². The Hall–Kier alpha value is -1.67. The van der Waals surface area contributed by atoms with Crippen LogP contribution in [0.4, 0.5) is 5.69 Å². The van der Waals surface area contributed by atoms with Crippen LogP contribution in [0.1, 0.15) is 13.3 Å². The second-order valence-electron chi connectivity index (χ2n) is 3.37. The molecule has 0 aliphatic rings. The topological polar surface area (TPSA) is 122 Å². The Morgan fingerprint density at radius 3 is 2.71 bits per heavy atom. The first kappa shape index (κ1) is 13.4. The molecule has 0 spiro atoms. The van der Waals surface area contributed by atoms with Crippen molar-refractivity contribution in [2.75, 3.05) is 5.73 Å². The molecular weight excluding hydrogens is 246 g/mol. The van der Waals surface area contributed by atoms with Crippen LogP contribution in [0.5, 0.6) is 0 Å². The fourth-order valence-corrected chi connectivity index (χ4v) is 2.42. The van der Waals surface area contributed by atoms with Gasteiger partial charge in [0.05, 0.1) is 5.69 Å². The summed E-state index contributed by atoms with van der Waals surface area (Å²) < 4.78 is 25.6. The molecule has 1 atom stereocenters. The minimum Gasteiger partial charge on any atom is -0.480 e. The highest BCUT2D eigenvalue weighted by Gasteiger charge is 2.24. The zero-order valence-corrected chi connectivity index (χ0v) is 9.94. The van der Waals surface area contributed by atoms with Crippen molar-refractivity contribution in [2.24, 2.45) is 0 Å². The predicted octanol–water partition coefficient (Wildman–Crippen LogP) is -0.195. The first-order valence-corrected chi connectivity index (χ1v) is 6.30. The maximum Gasteiger partial charge on any atom is 0.321 e. The van der Waals surface area contributed by atoms with E-state index in [2.05, 4.69) is 9.71 Å². The standard InChI is InChI=1S/C9H13N3O4S/c1-2-8(9(13)14)12-17(15,16)7-3-6(10)4-11-5-7/h3-5,8,12H,2,10H2,1H3,(H,13,14). The van der Waals surface area contributed by atoms with Crippen molar-refractivity contribution in [1.29, 1.82) is 0 Å². The number of hydrogen-bond acceptors (Lipinski definition) is 5. The van der Waals surface area contributed by atoms with Gasteiger partial charge in [-0.05, 0) is 12.5 Å². The second-order valence-corrected chi connectivity index (χ2v) is 5.09. The molecule has 17 heavy (non-hydrogen) atoms. The molecule has 1 heterocycles. The SMILES string of the molecule is CCC(NS(=O)(=O)c1cncc(N)c1)C(=O)O. The predicted molar refractivity (Wildman–Crippen MR) is 60.7 cm³/mol. The number of rotatable bonds is 5. The lowest BCUT2D eigenvalue weighted by atomic mass is 10.2. The summed E-state index contributed by atoms with van der Waals surface area (Å²) in [5.74, 6) is -1.23. The van der Waals surface area contributed by atoms with Gasteiger partial charge in [-0.25, -0.2) is 8.42 Å². The van der Waals surface area contributed by atoms with Crippen molar-refractivity contribution in [3.05, 3.63) is 18.5 Å². The van der Waals surface area contributed by atoms with Crippen molar-refractivity contribution < 1.29 is 18.3 Å². The van der Waals surface area contributed by atoms with E-state index in [4.69, 9.17) is 10.8 Å². The van der Waals surface area contributed by atoms with E-state index in [1.165, 1.54) is 12.3 Å². The van der Waals surface area contributed by atoms with E-state index in [0.717, 1.165) is 6.20 Å². The number of carboxylic acids is 1. The van der Waals surface area contributed by atoms with Gasteiger partial charge in [0.2, 0.25) is 10.0 Å². The summed E-state index contributed by atoms with van der Waals surface area (Å²) in [6.45, 7) is 1.57. The Balaban J connectivity index is 3.00. The van der Waals surface area contributed by atoms with Crippen LogP contribution in [0.3, 0.4) is 0 Å². The number of nitrogens with two attached hydrogens (primary N) is 1. The second kappa shape index (κ2) is 5.11. The van der Waals surface area contributed by atoms with E-state index in [9.17, 15) is 13.2 Å². The lowest BCUT2D eigenvalue weighted by molar-refractivity contribution is -0.139. The Kier molecular flexibility index (Phi) is 4.02. The maximum atomic E-state index is 11.8. The largest absolute Gasteiger partial charge is 0.480 e. The average Bonchev–Trinajstić information content (AvgIpc) is 2.25.